The van der Waals surface area contributed by atoms with Crippen molar-refractivity contribution in [1.82, 2.24) is 4.72 Å². The summed E-state index contributed by atoms with van der Waals surface area (Å²) >= 11 is 0. The summed E-state index contributed by atoms with van der Waals surface area (Å²) in [5.41, 5.74) is 6.12. The minimum absolute atomic E-state index is 0.0332. The molecule has 1 amide bonds. The van der Waals surface area contributed by atoms with Crippen LogP contribution >= 0.6 is 0 Å². The molecule has 4 N–H and O–H groups in total. The number of carbonyl (C=O) groups is 1. The molecule has 26 heavy (non-hydrogen) atoms. The number of hydrogen-bond donors (Lipinski definition) is 3. The van der Waals surface area contributed by atoms with E-state index in [0.29, 0.717) is 11.3 Å². The van der Waals surface area contributed by atoms with Crippen molar-refractivity contribution in [3.63, 3.8) is 0 Å². The van der Waals surface area contributed by atoms with Gasteiger partial charge in [-0.05, 0) is 35.7 Å². The standard InChI is InChI=1S/C18H22FN3O3S/c1-13(16-7-2-3-8-17(16)19)11-18(23)22-14-5-4-6-15(12-14)26(24,25)21-10-9-20/h2-8,12-13,21H,9-11,20H2,1H3,(H,22,23). The fourth-order valence-corrected chi connectivity index (χ4v) is 3.59. The molecule has 2 aromatic carbocycles. The van der Waals surface area contributed by atoms with Crippen LogP contribution in [0.25, 0.3) is 0 Å². The van der Waals surface area contributed by atoms with Crippen LogP contribution in [0.3, 0.4) is 0 Å². The Hall–Kier alpha value is -2.29. The smallest absolute Gasteiger partial charge is 0.240 e. The molecule has 2 aromatic rings. The Balaban J connectivity index is 2.05. The molecule has 0 fully saturated rings. The SMILES string of the molecule is CC(CC(=O)Nc1cccc(S(=O)(=O)NCCN)c1)c1ccccc1F. The summed E-state index contributed by atoms with van der Waals surface area (Å²) in [4.78, 5) is 12.3. The maximum atomic E-state index is 13.8. The highest BCUT2D eigenvalue weighted by atomic mass is 32.2. The van der Waals surface area contributed by atoms with Gasteiger partial charge >= 0.3 is 0 Å². The summed E-state index contributed by atoms with van der Waals surface area (Å²) in [5, 5.41) is 2.65. The molecule has 0 aliphatic heterocycles. The average Bonchev–Trinajstić information content (AvgIpc) is 2.60. The number of sulfonamides is 1. The first-order valence-corrected chi connectivity index (χ1v) is 9.66. The third-order valence-corrected chi connectivity index (χ3v) is 5.25. The van der Waals surface area contributed by atoms with E-state index < -0.39 is 10.0 Å². The van der Waals surface area contributed by atoms with E-state index in [2.05, 4.69) is 10.0 Å². The van der Waals surface area contributed by atoms with E-state index in [1.54, 1.807) is 31.2 Å². The van der Waals surface area contributed by atoms with Crippen LogP contribution < -0.4 is 15.8 Å². The van der Waals surface area contributed by atoms with Crippen LogP contribution in [0.5, 0.6) is 0 Å². The highest BCUT2D eigenvalue weighted by molar-refractivity contribution is 7.89. The Morgan fingerprint density at radius 1 is 1.19 bits per heavy atom. The molecule has 0 heterocycles. The third kappa shape index (κ3) is 5.35. The summed E-state index contributed by atoms with van der Waals surface area (Å²) in [6.45, 7) is 2.07. The molecule has 8 heteroatoms. The van der Waals surface area contributed by atoms with Crippen LogP contribution in [0.1, 0.15) is 24.8 Å². The molecule has 1 atom stereocenters. The van der Waals surface area contributed by atoms with Gasteiger partial charge in [0.25, 0.3) is 0 Å². The lowest BCUT2D eigenvalue weighted by atomic mass is 9.97. The zero-order chi connectivity index (χ0) is 19.2. The zero-order valence-electron chi connectivity index (χ0n) is 14.4. The monoisotopic (exact) mass is 379 g/mol. The predicted molar refractivity (Wildman–Crippen MR) is 98.7 cm³/mol. The highest BCUT2D eigenvalue weighted by Crippen LogP contribution is 2.23. The van der Waals surface area contributed by atoms with Crippen LogP contribution in [0, 0.1) is 5.82 Å². The Kier molecular flexibility index (Phi) is 6.84. The Bertz CT molecular complexity index is 871. The van der Waals surface area contributed by atoms with Crippen molar-refractivity contribution in [3.05, 3.63) is 59.9 Å². The molecule has 0 bridgehead atoms. The van der Waals surface area contributed by atoms with Gasteiger partial charge in [-0.15, -0.1) is 0 Å². The molecule has 0 aromatic heterocycles. The second kappa shape index (κ2) is 8.88. The minimum Gasteiger partial charge on any atom is -0.329 e. The zero-order valence-corrected chi connectivity index (χ0v) is 15.2. The topological polar surface area (TPSA) is 101 Å². The van der Waals surface area contributed by atoms with E-state index in [1.165, 1.54) is 24.3 Å². The van der Waals surface area contributed by atoms with Gasteiger partial charge in [-0.25, -0.2) is 17.5 Å². The van der Waals surface area contributed by atoms with Gasteiger partial charge in [-0.1, -0.05) is 31.2 Å². The first kappa shape index (κ1) is 20.0. The second-order valence-electron chi connectivity index (χ2n) is 5.89. The van der Waals surface area contributed by atoms with Gasteiger partial charge in [0.15, 0.2) is 0 Å². The molecule has 0 spiro atoms. The molecular formula is C18H22FN3O3S. The molecule has 1 unspecified atom stereocenters. The van der Waals surface area contributed by atoms with Crippen molar-refractivity contribution < 1.29 is 17.6 Å². The molecule has 0 aliphatic carbocycles. The quantitative estimate of drug-likeness (QED) is 0.654. The van der Waals surface area contributed by atoms with E-state index in [1.807, 2.05) is 0 Å². The van der Waals surface area contributed by atoms with Crippen LogP contribution in [0.4, 0.5) is 10.1 Å². The average molecular weight is 379 g/mol. The Labute approximate surface area is 152 Å². The number of nitrogens with two attached hydrogens (primary N) is 1. The first-order chi connectivity index (χ1) is 12.3. The van der Waals surface area contributed by atoms with E-state index in [-0.39, 0.29) is 42.0 Å². The van der Waals surface area contributed by atoms with Gasteiger partial charge in [-0.3, -0.25) is 4.79 Å². The van der Waals surface area contributed by atoms with Crippen molar-refractivity contribution in [2.75, 3.05) is 18.4 Å². The molecule has 0 radical (unpaired) electrons. The predicted octanol–water partition coefficient (Wildman–Crippen LogP) is 2.19. The lowest BCUT2D eigenvalue weighted by Crippen LogP contribution is -2.29. The maximum Gasteiger partial charge on any atom is 0.240 e. The number of halogens is 1. The number of anilines is 1. The van der Waals surface area contributed by atoms with Gasteiger partial charge in [0.05, 0.1) is 4.90 Å². The number of rotatable bonds is 8. The van der Waals surface area contributed by atoms with E-state index in [4.69, 9.17) is 5.73 Å². The summed E-state index contributed by atoms with van der Waals surface area (Å²) in [6, 6.07) is 12.2. The maximum absolute atomic E-state index is 13.8. The van der Waals surface area contributed by atoms with Gasteiger partial charge in [0, 0.05) is 25.2 Å². The fourth-order valence-electron chi connectivity index (χ4n) is 2.49. The van der Waals surface area contributed by atoms with E-state index in [9.17, 15) is 17.6 Å². The van der Waals surface area contributed by atoms with Crippen LogP contribution in [0.15, 0.2) is 53.4 Å². The van der Waals surface area contributed by atoms with Crippen molar-refractivity contribution in [2.45, 2.75) is 24.2 Å². The molecule has 140 valence electrons. The van der Waals surface area contributed by atoms with Crippen LogP contribution in [0.2, 0.25) is 0 Å². The van der Waals surface area contributed by atoms with Crippen molar-refractivity contribution in [1.29, 1.82) is 0 Å². The second-order valence-corrected chi connectivity index (χ2v) is 7.66. The van der Waals surface area contributed by atoms with Crippen molar-refractivity contribution in [3.8, 4) is 0 Å². The normalized spacial score (nSPS) is 12.6. The molecule has 6 nitrogen and oxygen atoms in total. The first-order valence-electron chi connectivity index (χ1n) is 8.17. The summed E-state index contributed by atoms with van der Waals surface area (Å²) < 4.78 is 40.4. The van der Waals surface area contributed by atoms with Crippen molar-refractivity contribution in [2.24, 2.45) is 5.73 Å². The lowest BCUT2D eigenvalue weighted by molar-refractivity contribution is -0.116. The number of carbonyl (C=O) groups excluding carboxylic acids is 1. The number of hydrogen-bond acceptors (Lipinski definition) is 4. The van der Waals surface area contributed by atoms with Gasteiger partial charge in [0.2, 0.25) is 15.9 Å². The van der Waals surface area contributed by atoms with Crippen LogP contribution in [-0.2, 0) is 14.8 Å². The minimum atomic E-state index is -3.68. The largest absolute Gasteiger partial charge is 0.329 e. The Morgan fingerprint density at radius 2 is 1.92 bits per heavy atom. The van der Waals surface area contributed by atoms with E-state index >= 15 is 0 Å². The summed E-state index contributed by atoms with van der Waals surface area (Å²) in [5.74, 6) is -0.994. The number of amides is 1. The van der Waals surface area contributed by atoms with Crippen molar-refractivity contribution >= 4 is 21.6 Å². The van der Waals surface area contributed by atoms with Gasteiger partial charge < -0.3 is 11.1 Å². The summed E-state index contributed by atoms with van der Waals surface area (Å²) in [6.07, 6.45) is 0.0728. The molecular weight excluding hydrogens is 357 g/mol. The summed E-state index contributed by atoms with van der Waals surface area (Å²) in [7, 11) is -3.68. The highest BCUT2D eigenvalue weighted by Gasteiger charge is 2.16. The Morgan fingerprint density at radius 3 is 2.62 bits per heavy atom. The third-order valence-electron chi connectivity index (χ3n) is 3.79. The number of benzene rings is 2. The molecule has 0 saturated carbocycles. The van der Waals surface area contributed by atoms with Gasteiger partial charge in [0.1, 0.15) is 5.82 Å². The lowest BCUT2D eigenvalue weighted by Gasteiger charge is -2.13. The van der Waals surface area contributed by atoms with Gasteiger partial charge in [-0.2, -0.15) is 0 Å². The molecule has 0 aliphatic rings. The molecule has 0 saturated heterocycles. The molecule has 2 rings (SSSR count). The van der Waals surface area contributed by atoms with Crippen LogP contribution in [-0.4, -0.2) is 27.4 Å². The van der Waals surface area contributed by atoms with E-state index in [0.717, 1.165) is 0 Å². The number of nitrogens with one attached hydrogen (secondary N) is 2. The fraction of sp³-hybridized carbons (Fsp3) is 0.278.